The van der Waals surface area contributed by atoms with Crippen molar-refractivity contribution in [3.8, 4) is 0 Å². The lowest BCUT2D eigenvalue weighted by Crippen LogP contribution is -2.09. The first kappa shape index (κ1) is 12.2. The number of hydrogen-bond donors (Lipinski definition) is 0. The van der Waals surface area contributed by atoms with Crippen LogP contribution in [0.4, 0.5) is 4.39 Å². The summed E-state index contributed by atoms with van der Waals surface area (Å²) < 4.78 is 13.9. The standard InChI is InChI=1S/C17H23F/c1-17(2,18)13-6-3-5-12(11-13)9-10-16-14-7-4-8-15(14)16/h3,5-6,11,14-16H,4,7-10H2,1-2H3. The number of fused-ring (bicyclic) bond motifs is 1. The molecule has 0 nitrogen and oxygen atoms in total. The number of halogens is 1. The van der Waals surface area contributed by atoms with E-state index in [0.29, 0.717) is 0 Å². The van der Waals surface area contributed by atoms with E-state index in [9.17, 15) is 4.39 Å². The first-order valence-electron chi connectivity index (χ1n) is 7.34. The summed E-state index contributed by atoms with van der Waals surface area (Å²) in [7, 11) is 0. The largest absolute Gasteiger partial charge is 0.239 e. The summed E-state index contributed by atoms with van der Waals surface area (Å²) in [6, 6.07) is 8.10. The fourth-order valence-corrected chi connectivity index (χ4v) is 3.83. The summed E-state index contributed by atoms with van der Waals surface area (Å²) in [5.41, 5.74) is 0.908. The highest BCUT2D eigenvalue weighted by Crippen LogP contribution is 2.59. The minimum atomic E-state index is -1.22. The topological polar surface area (TPSA) is 0 Å². The molecule has 2 aliphatic rings. The van der Waals surface area contributed by atoms with Gasteiger partial charge in [0.2, 0.25) is 0 Å². The van der Waals surface area contributed by atoms with Gasteiger partial charge in [-0.05, 0) is 68.4 Å². The van der Waals surface area contributed by atoms with Crippen LogP contribution in [0.15, 0.2) is 24.3 Å². The Morgan fingerprint density at radius 1 is 1.22 bits per heavy atom. The molecule has 2 fully saturated rings. The zero-order chi connectivity index (χ0) is 12.8. The van der Waals surface area contributed by atoms with E-state index in [1.165, 1.54) is 31.2 Å². The molecule has 2 aliphatic carbocycles. The summed E-state index contributed by atoms with van der Waals surface area (Å²) in [5, 5.41) is 0. The lowest BCUT2D eigenvalue weighted by atomic mass is 9.95. The van der Waals surface area contributed by atoms with Crippen LogP contribution in [0.25, 0.3) is 0 Å². The average molecular weight is 246 g/mol. The summed E-state index contributed by atoms with van der Waals surface area (Å²) in [6.07, 6.45) is 6.82. The van der Waals surface area contributed by atoms with Crippen LogP contribution in [-0.2, 0) is 12.1 Å². The van der Waals surface area contributed by atoms with E-state index in [-0.39, 0.29) is 0 Å². The van der Waals surface area contributed by atoms with E-state index in [1.54, 1.807) is 13.8 Å². The van der Waals surface area contributed by atoms with Crippen LogP contribution in [-0.4, -0.2) is 0 Å². The Morgan fingerprint density at radius 3 is 2.61 bits per heavy atom. The maximum atomic E-state index is 13.9. The number of benzene rings is 1. The van der Waals surface area contributed by atoms with Crippen molar-refractivity contribution in [2.75, 3.05) is 0 Å². The maximum absolute atomic E-state index is 13.9. The van der Waals surface area contributed by atoms with E-state index >= 15 is 0 Å². The molecule has 98 valence electrons. The molecule has 3 rings (SSSR count). The van der Waals surface area contributed by atoms with Crippen LogP contribution in [0.2, 0.25) is 0 Å². The zero-order valence-electron chi connectivity index (χ0n) is 11.5. The molecule has 0 N–H and O–H groups in total. The van der Waals surface area contributed by atoms with Crippen molar-refractivity contribution in [2.45, 2.75) is 51.6 Å². The molecule has 2 atom stereocenters. The molecule has 0 bridgehead atoms. The van der Waals surface area contributed by atoms with Crippen molar-refractivity contribution in [3.63, 3.8) is 0 Å². The molecule has 1 heteroatoms. The van der Waals surface area contributed by atoms with E-state index in [2.05, 4.69) is 12.1 Å². The van der Waals surface area contributed by atoms with Crippen LogP contribution in [0.3, 0.4) is 0 Å². The Bertz CT molecular complexity index is 419. The van der Waals surface area contributed by atoms with Crippen molar-refractivity contribution in [2.24, 2.45) is 17.8 Å². The van der Waals surface area contributed by atoms with Crippen molar-refractivity contribution >= 4 is 0 Å². The second-order valence-corrected chi connectivity index (χ2v) is 6.63. The van der Waals surface area contributed by atoms with Gasteiger partial charge in [-0.15, -0.1) is 0 Å². The van der Waals surface area contributed by atoms with Crippen LogP contribution in [0, 0.1) is 17.8 Å². The number of aryl methyl sites for hydroxylation is 1. The number of hydrogen-bond acceptors (Lipinski definition) is 0. The highest BCUT2D eigenvalue weighted by Gasteiger charge is 2.51. The average Bonchev–Trinajstić information content (AvgIpc) is 2.77. The third-order valence-electron chi connectivity index (χ3n) is 4.96. The van der Waals surface area contributed by atoms with Gasteiger partial charge in [-0.1, -0.05) is 30.7 Å². The minimum Gasteiger partial charge on any atom is -0.239 e. The molecule has 0 aliphatic heterocycles. The van der Waals surface area contributed by atoms with Gasteiger partial charge in [-0.2, -0.15) is 0 Å². The van der Waals surface area contributed by atoms with Gasteiger partial charge >= 0.3 is 0 Å². The molecule has 2 saturated carbocycles. The van der Waals surface area contributed by atoms with Gasteiger partial charge in [0.15, 0.2) is 0 Å². The molecular weight excluding hydrogens is 223 g/mol. The summed E-state index contributed by atoms with van der Waals surface area (Å²) in [5.74, 6) is 3.08. The number of rotatable bonds is 4. The van der Waals surface area contributed by atoms with Gasteiger partial charge in [0.05, 0.1) is 0 Å². The zero-order valence-corrected chi connectivity index (χ0v) is 11.5. The Hall–Kier alpha value is -0.850. The summed E-state index contributed by atoms with van der Waals surface area (Å²) in [4.78, 5) is 0. The third kappa shape index (κ3) is 2.32. The molecule has 1 aromatic rings. The van der Waals surface area contributed by atoms with Gasteiger partial charge < -0.3 is 0 Å². The van der Waals surface area contributed by atoms with Gasteiger partial charge in [-0.25, -0.2) is 4.39 Å². The van der Waals surface area contributed by atoms with Crippen molar-refractivity contribution in [1.82, 2.24) is 0 Å². The Balaban J connectivity index is 1.60. The van der Waals surface area contributed by atoms with Gasteiger partial charge in [0, 0.05) is 0 Å². The van der Waals surface area contributed by atoms with Crippen LogP contribution in [0.5, 0.6) is 0 Å². The second kappa shape index (κ2) is 4.36. The molecule has 0 aromatic heterocycles. The molecular formula is C17H23F. The van der Waals surface area contributed by atoms with Crippen molar-refractivity contribution in [1.29, 1.82) is 0 Å². The van der Waals surface area contributed by atoms with Gasteiger partial charge in [0.1, 0.15) is 5.67 Å². The third-order valence-corrected chi connectivity index (χ3v) is 4.96. The Labute approximate surface area is 110 Å². The Kier molecular flexibility index (Phi) is 2.96. The van der Waals surface area contributed by atoms with Gasteiger partial charge in [-0.3, -0.25) is 0 Å². The second-order valence-electron chi connectivity index (χ2n) is 6.63. The van der Waals surface area contributed by atoms with E-state index < -0.39 is 5.67 Å². The molecule has 18 heavy (non-hydrogen) atoms. The predicted molar refractivity (Wildman–Crippen MR) is 73.2 cm³/mol. The molecule has 0 heterocycles. The van der Waals surface area contributed by atoms with Gasteiger partial charge in [0.25, 0.3) is 0 Å². The normalized spacial score (nSPS) is 30.3. The molecule has 2 unspecified atom stereocenters. The first-order chi connectivity index (χ1) is 8.55. The fourth-order valence-electron chi connectivity index (χ4n) is 3.83. The fraction of sp³-hybridized carbons (Fsp3) is 0.647. The van der Waals surface area contributed by atoms with Crippen LogP contribution < -0.4 is 0 Å². The van der Waals surface area contributed by atoms with Crippen LogP contribution >= 0.6 is 0 Å². The SMILES string of the molecule is CC(C)(F)c1cccc(CCC2C3CCCC32)c1. The van der Waals surface area contributed by atoms with Crippen molar-refractivity contribution in [3.05, 3.63) is 35.4 Å². The highest BCUT2D eigenvalue weighted by molar-refractivity contribution is 5.27. The summed E-state index contributed by atoms with van der Waals surface area (Å²) in [6.45, 7) is 3.27. The summed E-state index contributed by atoms with van der Waals surface area (Å²) >= 11 is 0. The van der Waals surface area contributed by atoms with E-state index in [4.69, 9.17) is 0 Å². The highest BCUT2D eigenvalue weighted by atomic mass is 19.1. The maximum Gasteiger partial charge on any atom is 0.130 e. The first-order valence-corrected chi connectivity index (χ1v) is 7.34. The monoisotopic (exact) mass is 246 g/mol. The molecule has 1 aromatic carbocycles. The van der Waals surface area contributed by atoms with E-state index in [1.807, 2.05) is 12.1 Å². The molecule has 0 radical (unpaired) electrons. The van der Waals surface area contributed by atoms with Crippen LogP contribution in [0.1, 0.15) is 50.7 Å². The number of alkyl halides is 1. The Morgan fingerprint density at radius 2 is 1.94 bits per heavy atom. The lowest BCUT2D eigenvalue weighted by molar-refractivity contribution is 0.221. The molecule has 0 saturated heterocycles. The van der Waals surface area contributed by atoms with Crippen molar-refractivity contribution < 1.29 is 4.39 Å². The smallest absolute Gasteiger partial charge is 0.130 e. The predicted octanol–water partition coefficient (Wildman–Crippen LogP) is 4.87. The van der Waals surface area contributed by atoms with E-state index in [0.717, 1.165) is 29.7 Å². The minimum absolute atomic E-state index is 0.816. The molecule has 0 amide bonds. The molecule has 0 spiro atoms. The lowest BCUT2D eigenvalue weighted by Gasteiger charge is -2.15. The quantitative estimate of drug-likeness (QED) is 0.711.